The van der Waals surface area contributed by atoms with Crippen LogP contribution in [0.2, 0.25) is 0 Å². The molecule has 13 heteroatoms. The Morgan fingerprint density at radius 2 is 1.72 bits per heavy atom. The highest BCUT2D eigenvalue weighted by molar-refractivity contribution is 6.05. The number of hydrogen-bond acceptors (Lipinski definition) is 8. The number of halogens is 3. The summed E-state index contributed by atoms with van der Waals surface area (Å²) in [4.78, 5) is 36.6. The third-order valence-electron chi connectivity index (χ3n) is 8.18. The predicted octanol–water partition coefficient (Wildman–Crippen LogP) is 5.76. The number of ether oxygens (including phenoxy) is 1. The SMILES string of the molecule is C[C@@H]1C[C@H](NC(=O)OC(C)(C)C)CN(c2c(NC(=O)c3ccc(F)c(-c4c(F)cc(C(C)(C)O)cc4F)n3)cnc3c2CCC3O)C1. The molecule has 0 saturated carbocycles. The molecule has 1 fully saturated rings. The largest absolute Gasteiger partial charge is 0.444 e. The molecule has 0 bridgehead atoms. The number of benzene rings is 1. The van der Waals surface area contributed by atoms with E-state index in [-0.39, 0.29) is 23.2 Å². The fourth-order valence-electron chi connectivity index (χ4n) is 6.16. The molecule has 1 unspecified atom stereocenters. The van der Waals surface area contributed by atoms with Gasteiger partial charge in [0.1, 0.15) is 34.4 Å². The van der Waals surface area contributed by atoms with Crippen molar-refractivity contribution in [3.05, 3.63) is 70.4 Å². The first-order valence-electron chi connectivity index (χ1n) is 15.6. The van der Waals surface area contributed by atoms with Crippen molar-refractivity contribution in [2.24, 2.45) is 5.92 Å². The maximum atomic E-state index is 15.1. The van der Waals surface area contributed by atoms with Gasteiger partial charge in [0.15, 0.2) is 0 Å². The molecule has 0 spiro atoms. The molecule has 1 aliphatic carbocycles. The van der Waals surface area contributed by atoms with E-state index in [2.05, 4.69) is 20.6 Å². The Morgan fingerprint density at radius 3 is 2.36 bits per heavy atom. The van der Waals surface area contributed by atoms with Crippen LogP contribution >= 0.6 is 0 Å². The number of alkyl carbamates (subject to hydrolysis) is 1. The van der Waals surface area contributed by atoms with Gasteiger partial charge in [0.25, 0.3) is 5.91 Å². The zero-order chi connectivity index (χ0) is 34.4. The summed E-state index contributed by atoms with van der Waals surface area (Å²) in [7, 11) is 0. The molecule has 3 atom stereocenters. The van der Waals surface area contributed by atoms with Crippen LogP contribution in [0, 0.1) is 23.4 Å². The summed E-state index contributed by atoms with van der Waals surface area (Å²) < 4.78 is 50.6. The number of aliphatic hydroxyl groups excluding tert-OH is 1. The number of anilines is 2. The van der Waals surface area contributed by atoms with Gasteiger partial charge in [-0.1, -0.05) is 6.92 Å². The molecule has 10 nitrogen and oxygen atoms in total. The van der Waals surface area contributed by atoms with Crippen molar-refractivity contribution in [1.82, 2.24) is 15.3 Å². The lowest BCUT2D eigenvalue weighted by molar-refractivity contribution is 0.0495. The lowest BCUT2D eigenvalue weighted by atomic mass is 9.94. The lowest BCUT2D eigenvalue weighted by Crippen LogP contribution is -2.51. The van der Waals surface area contributed by atoms with Crippen LogP contribution in [0.15, 0.2) is 30.5 Å². The second-order valence-corrected chi connectivity index (χ2v) is 13.9. The van der Waals surface area contributed by atoms with Crippen LogP contribution in [0.4, 0.5) is 29.3 Å². The van der Waals surface area contributed by atoms with Crippen molar-refractivity contribution in [2.75, 3.05) is 23.3 Å². The number of piperidine rings is 1. The van der Waals surface area contributed by atoms with Gasteiger partial charge in [-0.25, -0.2) is 22.9 Å². The average molecular weight is 656 g/mol. The third kappa shape index (κ3) is 7.51. The number of amides is 2. The number of pyridine rings is 2. The Bertz CT molecular complexity index is 1680. The molecule has 1 aliphatic heterocycles. The number of carbonyl (C=O) groups is 2. The van der Waals surface area contributed by atoms with Gasteiger partial charge in [-0.2, -0.15) is 0 Å². The predicted molar refractivity (Wildman–Crippen MR) is 169 cm³/mol. The van der Waals surface area contributed by atoms with Gasteiger partial charge in [-0.05, 0) is 89.6 Å². The van der Waals surface area contributed by atoms with E-state index in [1.54, 1.807) is 20.8 Å². The minimum atomic E-state index is -1.55. The van der Waals surface area contributed by atoms with Gasteiger partial charge in [-0.15, -0.1) is 0 Å². The van der Waals surface area contributed by atoms with Crippen LogP contribution in [0.1, 0.15) is 87.8 Å². The van der Waals surface area contributed by atoms with Crippen LogP contribution in [-0.4, -0.2) is 56.9 Å². The van der Waals surface area contributed by atoms with E-state index >= 15 is 8.78 Å². The smallest absolute Gasteiger partial charge is 0.407 e. The van der Waals surface area contributed by atoms with E-state index in [1.807, 2.05) is 11.8 Å². The number of nitrogens with zero attached hydrogens (tertiary/aromatic N) is 3. The first-order chi connectivity index (χ1) is 21.9. The Balaban J connectivity index is 1.47. The van der Waals surface area contributed by atoms with Crippen LogP contribution in [0.25, 0.3) is 11.3 Å². The van der Waals surface area contributed by atoms with Crippen LogP contribution in [0.5, 0.6) is 0 Å². The summed E-state index contributed by atoms with van der Waals surface area (Å²) >= 11 is 0. The topological polar surface area (TPSA) is 137 Å². The van der Waals surface area contributed by atoms with Crippen molar-refractivity contribution in [3.8, 4) is 11.3 Å². The summed E-state index contributed by atoms with van der Waals surface area (Å²) in [6, 6.07) is 3.52. The van der Waals surface area contributed by atoms with Gasteiger partial charge >= 0.3 is 6.09 Å². The normalized spacial score (nSPS) is 19.7. The number of aromatic nitrogens is 2. The summed E-state index contributed by atoms with van der Waals surface area (Å²) in [6.45, 7) is 11.1. The summed E-state index contributed by atoms with van der Waals surface area (Å²) in [6.07, 6.45) is 1.74. The molecule has 2 aromatic heterocycles. The number of aliphatic hydroxyl groups is 2. The number of carbonyl (C=O) groups excluding carboxylic acids is 2. The first-order valence-corrected chi connectivity index (χ1v) is 15.6. The number of fused-ring (bicyclic) bond motifs is 1. The van der Waals surface area contributed by atoms with E-state index < -0.39 is 58.0 Å². The van der Waals surface area contributed by atoms with Gasteiger partial charge in [0.05, 0.1) is 40.5 Å². The van der Waals surface area contributed by atoms with Crippen molar-refractivity contribution >= 4 is 23.4 Å². The molecular formula is C34H40F3N5O5. The third-order valence-corrected chi connectivity index (χ3v) is 8.18. The molecule has 3 heterocycles. The molecule has 3 aromatic rings. The number of nitrogens with one attached hydrogen (secondary N) is 2. The van der Waals surface area contributed by atoms with Gasteiger partial charge < -0.3 is 30.5 Å². The van der Waals surface area contributed by atoms with Crippen molar-refractivity contribution < 1.29 is 37.7 Å². The highest BCUT2D eigenvalue weighted by Crippen LogP contribution is 2.42. The molecule has 5 rings (SSSR count). The highest BCUT2D eigenvalue weighted by Gasteiger charge is 2.34. The van der Waals surface area contributed by atoms with E-state index in [4.69, 9.17) is 4.74 Å². The van der Waals surface area contributed by atoms with E-state index in [0.717, 1.165) is 29.8 Å². The molecule has 2 aliphatic rings. The highest BCUT2D eigenvalue weighted by atomic mass is 19.1. The summed E-state index contributed by atoms with van der Waals surface area (Å²) in [5.41, 5.74) is -1.89. The lowest BCUT2D eigenvalue weighted by Gasteiger charge is -2.40. The van der Waals surface area contributed by atoms with Gasteiger partial charge in [0, 0.05) is 24.7 Å². The monoisotopic (exact) mass is 655 g/mol. The number of rotatable bonds is 6. The molecule has 47 heavy (non-hydrogen) atoms. The van der Waals surface area contributed by atoms with Crippen molar-refractivity contribution in [3.63, 3.8) is 0 Å². The Hall–Kier alpha value is -4.23. The molecule has 0 radical (unpaired) electrons. The van der Waals surface area contributed by atoms with Gasteiger partial charge in [0.2, 0.25) is 0 Å². The minimum Gasteiger partial charge on any atom is -0.444 e. The van der Waals surface area contributed by atoms with Gasteiger partial charge in [-0.3, -0.25) is 9.78 Å². The van der Waals surface area contributed by atoms with Crippen LogP contribution in [0.3, 0.4) is 0 Å². The second-order valence-electron chi connectivity index (χ2n) is 13.9. The zero-order valence-corrected chi connectivity index (χ0v) is 27.2. The summed E-state index contributed by atoms with van der Waals surface area (Å²) in [5.74, 6) is -3.99. The molecule has 1 aromatic carbocycles. The fraction of sp³-hybridized carbons (Fsp3) is 0.471. The fourth-order valence-corrected chi connectivity index (χ4v) is 6.16. The molecule has 252 valence electrons. The van der Waals surface area contributed by atoms with Crippen molar-refractivity contribution in [2.45, 2.75) is 84.2 Å². The zero-order valence-electron chi connectivity index (χ0n) is 27.2. The van der Waals surface area contributed by atoms with E-state index in [0.29, 0.717) is 49.4 Å². The molecular weight excluding hydrogens is 615 g/mol. The first kappa shape index (κ1) is 34.1. The minimum absolute atomic E-state index is 0.0529. The molecule has 4 N–H and O–H groups in total. The average Bonchev–Trinajstić information content (AvgIpc) is 3.31. The maximum absolute atomic E-state index is 15.1. The van der Waals surface area contributed by atoms with Crippen LogP contribution in [-0.2, 0) is 16.8 Å². The summed E-state index contributed by atoms with van der Waals surface area (Å²) in [5, 5.41) is 26.5. The quantitative estimate of drug-likeness (QED) is 0.263. The molecule has 1 saturated heterocycles. The second kappa shape index (κ2) is 12.8. The Kier molecular flexibility index (Phi) is 9.26. The van der Waals surface area contributed by atoms with E-state index in [9.17, 15) is 24.2 Å². The van der Waals surface area contributed by atoms with Crippen molar-refractivity contribution in [1.29, 1.82) is 0 Å². The Labute approximate surface area is 271 Å². The standard InChI is InChI=1S/C34H40F3N5O5/c1-17-11-19(39-32(45)47-33(2,3)4)16-42(15-17)30-20-7-10-26(43)28(20)38-14-25(30)41-31(44)24-9-8-21(35)29(40-24)27-22(36)12-18(13-23(27)37)34(5,6)46/h8-9,12-14,17,19,26,43,46H,7,10-11,15-16H2,1-6H3,(H,39,45)(H,41,44)/t17-,19+,26?/m1/s1. The number of hydrogen-bond donors (Lipinski definition) is 4. The van der Waals surface area contributed by atoms with Crippen LogP contribution < -0.4 is 15.5 Å². The maximum Gasteiger partial charge on any atom is 0.407 e. The van der Waals surface area contributed by atoms with E-state index in [1.165, 1.54) is 20.0 Å². The Morgan fingerprint density at radius 1 is 1.04 bits per heavy atom. The molecule has 2 amide bonds.